The molecule has 2 amide bonds. The van der Waals surface area contributed by atoms with Gasteiger partial charge in [0.05, 0.1) is 13.2 Å². The van der Waals surface area contributed by atoms with Crippen molar-refractivity contribution in [2.75, 3.05) is 26.3 Å². The van der Waals surface area contributed by atoms with Gasteiger partial charge >= 0.3 is 0 Å². The summed E-state index contributed by atoms with van der Waals surface area (Å²) in [5.74, 6) is -0.220. The van der Waals surface area contributed by atoms with Gasteiger partial charge in [0, 0.05) is 19.1 Å². The van der Waals surface area contributed by atoms with Crippen LogP contribution in [0.2, 0.25) is 0 Å². The summed E-state index contributed by atoms with van der Waals surface area (Å²) in [5, 5.41) is 3.10. The van der Waals surface area contributed by atoms with Crippen LogP contribution in [0, 0.1) is 5.41 Å². The minimum Gasteiger partial charge on any atom is -0.378 e. The van der Waals surface area contributed by atoms with Gasteiger partial charge in [0.25, 0.3) is 0 Å². The van der Waals surface area contributed by atoms with E-state index in [-0.39, 0.29) is 17.9 Å². The minimum absolute atomic E-state index is 0.0862. The highest BCUT2D eigenvalue weighted by Crippen LogP contribution is 2.23. The lowest BCUT2D eigenvalue weighted by atomic mass is 9.89. The monoisotopic (exact) mass is 296 g/mol. The molecule has 5 heteroatoms. The highest BCUT2D eigenvalue weighted by atomic mass is 16.5. The van der Waals surface area contributed by atoms with Gasteiger partial charge in [0.15, 0.2) is 0 Å². The zero-order valence-electron chi connectivity index (χ0n) is 13.3. The van der Waals surface area contributed by atoms with Crippen molar-refractivity contribution in [3.8, 4) is 0 Å². The first kappa shape index (κ1) is 16.3. The predicted octanol–water partition coefficient (Wildman–Crippen LogP) is 1.71. The molecule has 0 spiro atoms. The van der Waals surface area contributed by atoms with Crippen molar-refractivity contribution < 1.29 is 14.3 Å². The Bertz CT molecular complexity index is 368. The molecule has 0 atom stereocenters. The molecule has 2 aliphatic rings. The van der Waals surface area contributed by atoms with Crippen LogP contribution in [0.1, 0.15) is 52.4 Å². The number of hydrogen-bond acceptors (Lipinski definition) is 3. The van der Waals surface area contributed by atoms with E-state index in [1.165, 1.54) is 25.7 Å². The Morgan fingerprint density at radius 1 is 1.05 bits per heavy atom. The summed E-state index contributed by atoms with van der Waals surface area (Å²) in [6.45, 7) is 5.75. The first-order chi connectivity index (χ1) is 10.0. The Kier molecular flexibility index (Phi) is 5.62. The largest absolute Gasteiger partial charge is 0.378 e. The van der Waals surface area contributed by atoms with E-state index in [4.69, 9.17) is 4.74 Å². The molecule has 120 valence electrons. The smallest absolute Gasteiger partial charge is 0.237 e. The SMILES string of the molecule is CC(C)(C(=O)NC1CCCCCC1)C(=O)N1CCOCC1. The van der Waals surface area contributed by atoms with Gasteiger partial charge in [-0.25, -0.2) is 0 Å². The second-order valence-electron chi connectivity index (χ2n) is 6.69. The second kappa shape index (κ2) is 7.25. The summed E-state index contributed by atoms with van der Waals surface area (Å²) in [6.07, 6.45) is 6.91. The highest BCUT2D eigenvalue weighted by Gasteiger charge is 2.40. The quantitative estimate of drug-likeness (QED) is 0.637. The van der Waals surface area contributed by atoms with Gasteiger partial charge < -0.3 is 15.0 Å². The van der Waals surface area contributed by atoms with E-state index in [9.17, 15) is 9.59 Å². The molecule has 2 rings (SSSR count). The van der Waals surface area contributed by atoms with E-state index >= 15 is 0 Å². The first-order valence-electron chi connectivity index (χ1n) is 8.20. The molecule has 1 saturated carbocycles. The van der Waals surface area contributed by atoms with E-state index in [1.54, 1.807) is 18.7 Å². The number of ether oxygens (including phenoxy) is 1. The molecule has 0 radical (unpaired) electrons. The van der Waals surface area contributed by atoms with Crippen LogP contribution in [0.4, 0.5) is 0 Å². The standard InChI is InChI=1S/C16H28N2O3/c1-16(2,15(20)18-9-11-21-12-10-18)14(19)17-13-7-5-3-4-6-8-13/h13H,3-12H2,1-2H3,(H,17,19). The topological polar surface area (TPSA) is 58.6 Å². The molecule has 0 aromatic carbocycles. The first-order valence-corrected chi connectivity index (χ1v) is 8.20. The van der Waals surface area contributed by atoms with E-state index < -0.39 is 5.41 Å². The maximum atomic E-state index is 12.6. The normalized spacial score (nSPS) is 21.7. The van der Waals surface area contributed by atoms with Gasteiger partial charge in [-0.3, -0.25) is 9.59 Å². The Labute approximate surface area is 127 Å². The fraction of sp³-hybridized carbons (Fsp3) is 0.875. The Hall–Kier alpha value is -1.10. The zero-order chi connectivity index (χ0) is 15.3. The molecule has 1 N–H and O–H groups in total. The van der Waals surface area contributed by atoms with Crippen molar-refractivity contribution in [1.29, 1.82) is 0 Å². The van der Waals surface area contributed by atoms with Crippen LogP contribution in [0.25, 0.3) is 0 Å². The van der Waals surface area contributed by atoms with E-state index in [1.807, 2.05) is 0 Å². The van der Waals surface area contributed by atoms with Crippen molar-refractivity contribution in [2.45, 2.75) is 58.4 Å². The van der Waals surface area contributed by atoms with Crippen molar-refractivity contribution in [2.24, 2.45) is 5.41 Å². The third kappa shape index (κ3) is 4.19. The zero-order valence-corrected chi connectivity index (χ0v) is 13.3. The summed E-state index contributed by atoms with van der Waals surface area (Å²) >= 11 is 0. The van der Waals surface area contributed by atoms with E-state index in [0.717, 1.165) is 12.8 Å². The average molecular weight is 296 g/mol. The van der Waals surface area contributed by atoms with Gasteiger partial charge in [0.2, 0.25) is 11.8 Å². The van der Waals surface area contributed by atoms with Crippen LogP contribution in [0.3, 0.4) is 0 Å². The third-order valence-corrected chi connectivity index (χ3v) is 4.59. The lowest BCUT2D eigenvalue weighted by molar-refractivity contribution is -0.151. The number of carbonyl (C=O) groups excluding carboxylic acids is 2. The van der Waals surface area contributed by atoms with Crippen molar-refractivity contribution in [3.63, 3.8) is 0 Å². The number of morpholine rings is 1. The highest BCUT2D eigenvalue weighted by molar-refractivity contribution is 6.04. The number of carbonyl (C=O) groups is 2. The summed E-state index contributed by atoms with van der Waals surface area (Å²) in [7, 11) is 0. The maximum Gasteiger partial charge on any atom is 0.237 e. The Morgan fingerprint density at radius 3 is 2.19 bits per heavy atom. The summed E-state index contributed by atoms with van der Waals surface area (Å²) < 4.78 is 5.26. The molecule has 2 fully saturated rings. The summed E-state index contributed by atoms with van der Waals surface area (Å²) in [4.78, 5) is 26.9. The molecule has 5 nitrogen and oxygen atoms in total. The molecule has 1 aliphatic heterocycles. The molecule has 1 saturated heterocycles. The molecule has 1 aliphatic carbocycles. The average Bonchev–Trinajstić information content (AvgIpc) is 2.76. The van der Waals surface area contributed by atoms with Gasteiger partial charge in [-0.1, -0.05) is 25.7 Å². The van der Waals surface area contributed by atoms with Gasteiger partial charge in [-0.2, -0.15) is 0 Å². The summed E-state index contributed by atoms with van der Waals surface area (Å²) in [5.41, 5.74) is -0.996. The van der Waals surface area contributed by atoms with Gasteiger partial charge in [-0.05, 0) is 26.7 Å². The van der Waals surface area contributed by atoms with Crippen molar-refractivity contribution in [1.82, 2.24) is 10.2 Å². The number of nitrogens with zero attached hydrogens (tertiary/aromatic N) is 1. The number of hydrogen-bond donors (Lipinski definition) is 1. The summed E-state index contributed by atoms with van der Waals surface area (Å²) in [6, 6.07) is 0.233. The molecular formula is C16H28N2O3. The van der Waals surface area contributed by atoms with Gasteiger partial charge in [-0.15, -0.1) is 0 Å². The van der Waals surface area contributed by atoms with Crippen LogP contribution in [0.15, 0.2) is 0 Å². The molecule has 0 bridgehead atoms. The van der Waals surface area contributed by atoms with Crippen LogP contribution in [0.5, 0.6) is 0 Å². The van der Waals surface area contributed by atoms with Crippen molar-refractivity contribution >= 4 is 11.8 Å². The molecule has 1 heterocycles. The van der Waals surface area contributed by atoms with Crippen LogP contribution in [-0.4, -0.2) is 49.1 Å². The fourth-order valence-electron chi connectivity index (χ4n) is 3.05. The Morgan fingerprint density at radius 2 is 1.62 bits per heavy atom. The number of nitrogens with one attached hydrogen (secondary N) is 1. The van der Waals surface area contributed by atoms with Crippen molar-refractivity contribution in [3.05, 3.63) is 0 Å². The van der Waals surface area contributed by atoms with Crippen LogP contribution < -0.4 is 5.32 Å². The number of rotatable bonds is 3. The predicted molar refractivity (Wildman–Crippen MR) is 80.8 cm³/mol. The van der Waals surface area contributed by atoms with Gasteiger partial charge in [0.1, 0.15) is 5.41 Å². The third-order valence-electron chi connectivity index (χ3n) is 4.59. The van der Waals surface area contributed by atoms with Crippen LogP contribution in [-0.2, 0) is 14.3 Å². The maximum absolute atomic E-state index is 12.6. The molecular weight excluding hydrogens is 268 g/mol. The minimum atomic E-state index is -0.996. The number of amides is 2. The Balaban J connectivity index is 1.93. The van der Waals surface area contributed by atoms with E-state index in [0.29, 0.717) is 26.3 Å². The lowest BCUT2D eigenvalue weighted by Crippen LogP contribution is -2.53. The lowest BCUT2D eigenvalue weighted by Gasteiger charge is -2.34. The van der Waals surface area contributed by atoms with E-state index in [2.05, 4.69) is 5.32 Å². The molecule has 0 aromatic heterocycles. The van der Waals surface area contributed by atoms with Crippen LogP contribution >= 0.6 is 0 Å². The second-order valence-corrected chi connectivity index (χ2v) is 6.69. The fourth-order valence-corrected chi connectivity index (χ4v) is 3.05. The molecule has 0 unspecified atom stereocenters. The molecule has 0 aromatic rings. The molecule has 21 heavy (non-hydrogen) atoms.